The van der Waals surface area contributed by atoms with Gasteiger partial charge < -0.3 is 9.64 Å². The van der Waals surface area contributed by atoms with Gasteiger partial charge in [0.1, 0.15) is 5.88 Å². The van der Waals surface area contributed by atoms with Crippen molar-refractivity contribution < 1.29 is 18.3 Å². The molecule has 0 spiro atoms. The molecule has 1 aliphatic rings. The predicted molar refractivity (Wildman–Crippen MR) is 52.3 cm³/mol. The van der Waals surface area contributed by atoms with Crippen LogP contribution in [0.5, 0.6) is 0 Å². The van der Waals surface area contributed by atoms with Crippen molar-refractivity contribution in [3.05, 3.63) is 0 Å². The standard InChI is InChI=1S/C9H14ClF2NO2/c1-2-15-5-7-3-9(11,12)6-13(7)8(14)4-10/h7H,2-6H2,1H3/t7-/m1/s1. The van der Waals surface area contributed by atoms with Crippen LogP contribution in [-0.2, 0) is 9.53 Å². The number of rotatable bonds is 4. The molecular weight excluding hydrogens is 228 g/mol. The Kier molecular flexibility index (Phi) is 4.28. The highest BCUT2D eigenvalue weighted by molar-refractivity contribution is 6.27. The van der Waals surface area contributed by atoms with Crippen LogP contribution in [0, 0.1) is 0 Å². The Morgan fingerprint density at radius 2 is 2.33 bits per heavy atom. The summed E-state index contributed by atoms with van der Waals surface area (Å²) in [6, 6.07) is -0.550. The molecule has 0 aromatic rings. The average Bonchev–Trinajstić information content (AvgIpc) is 2.49. The average molecular weight is 242 g/mol. The Morgan fingerprint density at radius 1 is 1.67 bits per heavy atom. The van der Waals surface area contributed by atoms with Crippen LogP contribution < -0.4 is 0 Å². The zero-order chi connectivity index (χ0) is 11.5. The first kappa shape index (κ1) is 12.6. The molecule has 15 heavy (non-hydrogen) atoms. The number of carbonyl (C=O) groups is 1. The van der Waals surface area contributed by atoms with Crippen molar-refractivity contribution in [2.75, 3.05) is 25.6 Å². The summed E-state index contributed by atoms with van der Waals surface area (Å²) >= 11 is 5.35. The Morgan fingerprint density at radius 3 is 2.87 bits per heavy atom. The number of hydrogen-bond acceptors (Lipinski definition) is 2. The molecule has 0 unspecified atom stereocenters. The molecule has 1 rings (SSSR count). The fourth-order valence-electron chi connectivity index (χ4n) is 1.67. The van der Waals surface area contributed by atoms with Gasteiger partial charge in [-0.05, 0) is 6.92 Å². The molecule has 88 valence electrons. The van der Waals surface area contributed by atoms with Crippen molar-refractivity contribution in [3.63, 3.8) is 0 Å². The molecular formula is C9H14ClF2NO2. The summed E-state index contributed by atoms with van der Waals surface area (Å²) in [5, 5.41) is 0. The van der Waals surface area contributed by atoms with Crippen molar-refractivity contribution in [3.8, 4) is 0 Å². The predicted octanol–water partition coefficient (Wildman–Crippen LogP) is 1.50. The van der Waals surface area contributed by atoms with Gasteiger partial charge in [-0.15, -0.1) is 11.6 Å². The van der Waals surface area contributed by atoms with Gasteiger partial charge >= 0.3 is 0 Å². The first-order chi connectivity index (χ1) is 7.00. The van der Waals surface area contributed by atoms with Gasteiger partial charge in [0, 0.05) is 13.0 Å². The quantitative estimate of drug-likeness (QED) is 0.698. The summed E-state index contributed by atoms with van der Waals surface area (Å²) < 4.78 is 31.2. The molecule has 0 radical (unpaired) electrons. The highest BCUT2D eigenvalue weighted by atomic mass is 35.5. The molecule has 0 aromatic carbocycles. The minimum atomic E-state index is -2.82. The highest BCUT2D eigenvalue weighted by Crippen LogP contribution is 2.32. The number of carbonyl (C=O) groups excluding carboxylic acids is 1. The van der Waals surface area contributed by atoms with Gasteiger partial charge in [-0.25, -0.2) is 8.78 Å². The number of alkyl halides is 3. The summed E-state index contributed by atoms with van der Waals surface area (Å²) in [6.45, 7) is 1.83. The van der Waals surface area contributed by atoms with Crippen molar-refractivity contribution in [1.82, 2.24) is 4.90 Å². The zero-order valence-corrected chi connectivity index (χ0v) is 9.27. The molecule has 0 bridgehead atoms. The Bertz CT molecular complexity index is 238. The topological polar surface area (TPSA) is 29.5 Å². The van der Waals surface area contributed by atoms with E-state index in [0.717, 1.165) is 4.90 Å². The molecule has 1 aliphatic heterocycles. The molecule has 1 atom stereocenters. The van der Waals surface area contributed by atoms with E-state index in [1.54, 1.807) is 6.92 Å². The Balaban J connectivity index is 2.61. The van der Waals surface area contributed by atoms with Crippen LogP contribution in [0.15, 0.2) is 0 Å². The molecule has 0 aromatic heterocycles. The number of likely N-dealkylation sites (tertiary alicyclic amines) is 1. The van der Waals surface area contributed by atoms with Gasteiger partial charge in [-0.1, -0.05) is 0 Å². The van der Waals surface area contributed by atoms with E-state index in [9.17, 15) is 13.6 Å². The smallest absolute Gasteiger partial charge is 0.267 e. The van der Waals surface area contributed by atoms with Crippen LogP contribution in [0.4, 0.5) is 8.78 Å². The second-order valence-electron chi connectivity index (χ2n) is 3.53. The number of nitrogens with zero attached hydrogens (tertiary/aromatic N) is 1. The number of amides is 1. The monoisotopic (exact) mass is 241 g/mol. The van der Waals surface area contributed by atoms with Gasteiger partial charge in [-0.2, -0.15) is 0 Å². The second-order valence-corrected chi connectivity index (χ2v) is 3.80. The van der Waals surface area contributed by atoms with E-state index >= 15 is 0 Å². The van der Waals surface area contributed by atoms with Gasteiger partial charge in [0.2, 0.25) is 5.91 Å². The first-order valence-electron chi connectivity index (χ1n) is 4.81. The lowest BCUT2D eigenvalue weighted by Gasteiger charge is -2.22. The maximum absolute atomic E-state index is 13.1. The Hall–Kier alpha value is -0.420. The molecule has 0 N–H and O–H groups in total. The number of ether oxygens (including phenoxy) is 1. The third-order valence-corrected chi connectivity index (χ3v) is 2.55. The number of halogens is 3. The summed E-state index contributed by atoms with van der Waals surface area (Å²) in [6.07, 6.45) is -0.338. The SMILES string of the molecule is CCOC[C@H]1CC(F)(F)CN1C(=O)CCl. The second kappa shape index (κ2) is 5.07. The van der Waals surface area contributed by atoms with Crippen LogP contribution in [0.25, 0.3) is 0 Å². The van der Waals surface area contributed by atoms with Crippen LogP contribution in [0.1, 0.15) is 13.3 Å². The van der Waals surface area contributed by atoms with Crippen LogP contribution in [0.2, 0.25) is 0 Å². The van der Waals surface area contributed by atoms with E-state index in [1.807, 2.05) is 0 Å². The molecule has 1 heterocycles. The molecule has 6 heteroatoms. The summed E-state index contributed by atoms with van der Waals surface area (Å²) in [4.78, 5) is 12.4. The molecule has 1 fully saturated rings. The van der Waals surface area contributed by atoms with E-state index in [1.165, 1.54) is 0 Å². The summed E-state index contributed by atoms with van der Waals surface area (Å²) in [5.41, 5.74) is 0. The summed E-state index contributed by atoms with van der Waals surface area (Å²) in [5.74, 6) is -3.54. The van der Waals surface area contributed by atoms with Gasteiger partial charge in [0.15, 0.2) is 0 Å². The molecule has 0 saturated carbocycles. The lowest BCUT2D eigenvalue weighted by molar-refractivity contribution is -0.131. The lowest BCUT2D eigenvalue weighted by Crippen LogP contribution is -2.39. The van der Waals surface area contributed by atoms with Crippen molar-refractivity contribution in [1.29, 1.82) is 0 Å². The van der Waals surface area contributed by atoms with E-state index in [0.29, 0.717) is 6.61 Å². The maximum Gasteiger partial charge on any atom is 0.267 e. The zero-order valence-electron chi connectivity index (χ0n) is 8.51. The Labute approximate surface area is 92.3 Å². The lowest BCUT2D eigenvalue weighted by atomic mass is 10.2. The fraction of sp³-hybridized carbons (Fsp3) is 0.889. The molecule has 1 saturated heterocycles. The van der Waals surface area contributed by atoms with Crippen LogP contribution in [0.3, 0.4) is 0 Å². The van der Waals surface area contributed by atoms with Gasteiger partial charge in [0.25, 0.3) is 5.92 Å². The van der Waals surface area contributed by atoms with Crippen LogP contribution >= 0.6 is 11.6 Å². The van der Waals surface area contributed by atoms with E-state index in [-0.39, 0.29) is 18.9 Å². The molecule has 0 aliphatic carbocycles. The summed E-state index contributed by atoms with van der Waals surface area (Å²) in [7, 11) is 0. The highest BCUT2D eigenvalue weighted by Gasteiger charge is 2.46. The van der Waals surface area contributed by atoms with Crippen LogP contribution in [-0.4, -0.2) is 48.4 Å². The van der Waals surface area contributed by atoms with E-state index < -0.39 is 24.4 Å². The minimum Gasteiger partial charge on any atom is -0.380 e. The van der Waals surface area contributed by atoms with E-state index in [4.69, 9.17) is 16.3 Å². The van der Waals surface area contributed by atoms with Gasteiger partial charge in [-0.3, -0.25) is 4.79 Å². The third-order valence-electron chi connectivity index (χ3n) is 2.33. The number of hydrogen-bond donors (Lipinski definition) is 0. The third kappa shape index (κ3) is 3.28. The first-order valence-corrected chi connectivity index (χ1v) is 5.34. The minimum absolute atomic E-state index is 0.148. The fourth-order valence-corrected chi connectivity index (χ4v) is 1.82. The normalized spacial score (nSPS) is 24.5. The maximum atomic E-state index is 13.1. The van der Waals surface area contributed by atoms with Crippen molar-refractivity contribution in [2.24, 2.45) is 0 Å². The van der Waals surface area contributed by atoms with Crippen molar-refractivity contribution >= 4 is 17.5 Å². The largest absolute Gasteiger partial charge is 0.380 e. The molecule has 3 nitrogen and oxygen atoms in total. The van der Waals surface area contributed by atoms with Crippen molar-refractivity contribution in [2.45, 2.75) is 25.3 Å². The van der Waals surface area contributed by atoms with Gasteiger partial charge in [0.05, 0.1) is 19.2 Å². The molecule has 1 amide bonds. The van der Waals surface area contributed by atoms with E-state index in [2.05, 4.69) is 0 Å².